The summed E-state index contributed by atoms with van der Waals surface area (Å²) in [6.07, 6.45) is 2.51. The number of aliphatic hydroxyl groups is 1. The van der Waals surface area contributed by atoms with Crippen LogP contribution in [0, 0.1) is 5.92 Å². The van der Waals surface area contributed by atoms with Gasteiger partial charge in [-0.25, -0.2) is 4.39 Å². The van der Waals surface area contributed by atoms with Crippen LogP contribution in [0.2, 0.25) is 0 Å². The van der Waals surface area contributed by atoms with E-state index in [-0.39, 0.29) is 6.42 Å². The molecule has 0 saturated heterocycles. The van der Waals surface area contributed by atoms with E-state index in [9.17, 15) is 14.3 Å². The van der Waals surface area contributed by atoms with Gasteiger partial charge in [-0.05, 0) is 12.5 Å². The molecule has 2 unspecified atom stereocenters. The number of allylic oxidation sites excluding steroid dienone is 2. The third-order valence-corrected chi connectivity index (χ3v) is 3.47. The van der Waals surface area contributed by atoms with Crippen LogP contribution < -0.4 is 0 Å². The number of benzene rings is 1. The Hall–Kier alpha value is -1.94. The molecule has 0 bridgehead atoms. The monoisotopic (exact) mass is 262 g/mol. The smallest absolute Gasteiger partial charge is 0.309 e. The lowest BCUT2D eigenvalue weighted by atomic mass is 9.80. The van der Waals surface area contributed by atoms with Crippen molar-refractivity contribution in [2.75, 3.05) is 0 Å². The lowest BCUT2D eigenvalue weighted by Gasteiger charge is -2.31. The molecule has 1 aromatic carbocycles. The number of hydrogen-bond donors (Lipinski definition) is 2. The first kappa shape index (κ1) is 13.5. The number of carbonyl (C=O) groups is 1. The van der Waals surface area contributed by atoms with E-state index in [2.05, 4.69) is 0 Å². The minimum Gasteiger partial charge on any atom is -0.481 e. The van der Waals surface area contributed by atoms with Crippen molar-refractivity contribution in [1.29, 1.82) is 0 Å². The van der Waals surface area contributed by atoms with E-state index in [1.54, 1.807) is 24.3 Å². The molecule has 0 aliphatic heterocycles. The predicted octanol–water partition coefficient (Wildman–Crippen LogP) is 2.78. The Bertz CT molecular complexity index is 548. The molecular weight excluding hydrogens is 247 g/mol. The third-order valence-electron chi connectivity index (χ3n) is 3.47. The standard InChI is InChI=1S/C15H15FO3/c1-10(14(17)18)15(19)8-7-12(13(16)9-15)11-5-3-2-4-6-11/h2-8,10,19H,9H2,1H3,(H,17,18). The second kappa shape index (κ2) is 4.97. The van der Waals surface area contributed by atoms with Gasteiger partial charge in [0.15, 0.2) is 0 Å². The van der Waals surface area contributed by atoms with Crippen LogP contribution in [0.1, 0.15) is 18.9 Å². The van der Waals surface area contributed by atoms with Gasteiger partial charge in [0.25, 0.3) is 0 Å². The van der Waals surface area contributed by atoms with Gasteiger partial charge in [-0.3, -0.25) is 4.79 Å². The maximum Gasteiger partial charge on any atom is 0.309 e. The van der Waals surface area contributed by atoms with Crippen molar-refractivity contribution in [2.24, 2.45) is 5.92 Å². The molecule has 3 nitrogen and oxygen atoms in total. The van der Waals surface area contributed by atoms with Crippen molar-refractivity contribution >= 4 is 11.5 Å². The topological polar surface area (TPSA) is 57.5 Å². The molecular formula is C15H15FO3. The molecule has 1 aliphatic carbocycles. The Morgan fingerprint density at radius 3 is 2.53 bits per heavy atom. The number of rotatable bonds is 3. The highest BCUT2D eigenvalue weighted by Gasteiger charge is 2.39. The minimum absolute atomic E-state index is 0.318. The molecule has 100 valence electrons. The summed E-state index contributed by atoms with van der Waals surface area (Å²) < 4.78 is 14.1. The molecule has 0 heterocycles. The van der Waals surface area contributed by atoms with Crippen LogP contribution in [0.25, 0.3) is 5.57 Å². The first-order valence-corrected chi connectivity index (χ1v) is 6.02. The van der Waals surface area contributed by atoms with Gasteiger partial charge in [0.2, 0.25) is 0 Å². The Kier molecular flexibility index (Phi) is 3.53. The van der Waals surface area contributed by atoms with Crippen LogP contribution in [0.15, 0.2) is 48.3 Å². The van der Waals surface area contributed by atoms with Crippen molar-refractivity contribution in [3.05, 3.63) is 53.9 Å². The molecule has 1 aromatic rings. The molecule has 2 N–H and O–H groups in total. The Labute approximate surface area is 110 Å². The van der Waals surface area contributed by atoms with Crippen LogP contribution >= 0.6 is 0 Å². The van der Waals surface area contributed by atoms with E-state index in [1.807, 2.05) is 6.07 Å². The van der Waals surface area contributed by atoms with E-state index >= 15 is 0 Å². The number of carboxylic acid groups (broad SMARTS) is 1. The molecule has 0 fully saturated rings. The van der Waals surface area contributed by atoms with Gasteiger partial charge in [-0.15, -0.1) is 0 Å². The Morgan fingerprint density at radius 1 is 1.37 bits per heavy atom. The average Bonchev–Trinajstić information content (AvgIpc) is 2.38. The molecule has 2 rings (SSSR count). The maximum absolute atomic E-state index is 14.1. The van der Waals surface area contributed by atoms with E-state index in [0.29, 0.717) is 11.1 Å². The van der Waals surface area contributed by atoms with E-state index in [1.165, 1.54) is 19.1 Å². The van der Waals surface area contributed by atoms with Gasteiger partial charge in [-0.2, -0.15) is 0 Å². The molecule has 0 saturated carbocycles. The van der Waals surface area contributed by atoms with E-state index < -0.39 is 23.3 Å². The third kappa shape index (κ3) is 2.58. The summed E-state index contributed by atoms with van der Waals surface area (Å²) in [5.41, 5.74) is -0.571. The molecule has 4 heteroatoms. The van der Waals surface area contributed by atoms with Crippen LogP contribution in [-0.2, 0) is 4.79 Å². The highest BCUT2D eigenvalue weighted by Crippen LogP contribution is 2.37. The molecule has 0 spiro atoms. The van der Waals surface area contributed by atoms with E-state index in [4.69, 9.17) is 5.11 Å². The summed E-state index contributed by atoms with van der Waals surface area (Å²) in [5, 5.41) is 19.1. The summed E-state index contributed by atoms with van der Waals surface area (Å²) in [6.45, 7) is 1.37. The zero-order valence-electron chi connectivity index (χ0n) is 10.5. The van der Waals surface area contributed by atoms with Gasteiger partial charge in [0, 0.05) is 12.0 Å². The summed E-state index contributed by atoms with van der Waals surface area (Å²) >= 11 is 0. The van der Waals surface area contributed by atoms with Crippen molar-refractivity contribution in [3.8, 4) is 0 Å². The number of carboxylic acids is 1. The zero-order chi connectivity index (χ0) is 14.0. The SMILES string of the molecule is CC(C(=O)O)C1(O)C=CC(c2ccccc2)=C(F)C1. The lowest BCUT2D eigenvalue weighted by molar-refractivity contribution is -0.148. The summed E-state index contributed by atoms with van der Waals surface area (Å²) in [7, 11) is 0. The van der Waals surface area contributed by atoms with Crippen molar-refractivity contribution in [2.45, 2.75) is 18.9 Å². The molecule has 19 heavy (non-hydrogen) atoms. The minimum atomic E-state index is -1.67. The van der Waals surface area contributed by atoms with Crippen LogP contribution in [0.4, 0.5) is 4.39 Å². The molecule has 0 amide bonds. The summed E-state index contributed by atoms with van der Waals surface area (Å²) in [4.78, 5) is 10.9. The predicted molar refractivity (Wildman–Crippen MR) is 70.0 cm³/mol. The largest absolute Gasteiger partial charge is 0.481 e. The second-order valence-corrected chi connectivity index (χ2v) is 4.75. The zero-order valence-corrected chi connectivity index (χ0v) is 10.5. The molecule has 1 aliphatic rings. The van der Waals surface area contributed by atoms with Gasteiger partial charge < -0.3 is 10.2 Å². The fourth-order valence-electron chi connectivity index (χ4n) is 2.10. The quantitative estimate of drug-likeness (QED) is 0.880. The number of aliphatic carboxylic acids is 1. The first-order valence-electron chi connectivity index (χ1n) is 6.02. The maximum atomic E-state index is 14.1. The van der Waals surface area contributed by atoms with Gasteiger partial charge >= 0.3 is 5.97 Å². The lowest BCUT2D eigenvalue weighted by Crippen LogP contribution is -2.40. The van der Waals surface area contributed by atoms with Crippen LogP contribution in [-0.4, -0.2) is 21.8 Å². The van der Waals surface area contributed by atoms with E-state index in [0.717, 1.165) is 0 Å². The normalized spacial score (nSPS) is 24.4. The number of hydrogen-bond acceptors (Lipinski definition) is 2. The fourth-order valence-corrected chi connectivity index (χ4v) is 2.10. The van der Waals surface area contributed by atoms with Gasteiger partial charge in [-0.1, -0.05) is 42.5 Å². The van der Waals surface area contributed by atoms with Crippen LogP contribution in [0.3, 0.4) is 0 Å². The Morgan fingerprint density at radius 2 is 2.00 bits per heavy atom. The van der Waals surface area contributed by atoms with Crippen LogP contribution in [0.5, 0.6) is 0 Å². The number of halogens is 1. The fraction of sp³-hybridized carbons (Fsp3) is 0.267. The first-order chi connectivity index (χ1) is 8.94. The summed E-state index contributed by atoms with van der Waals surface area (Å²) in [5.74, 6) is -2.71. The molecule has 2 atom stereocenters. The van der Waals surface area contributed by atoms with Crippen molar-refractivity contribution < 1.29 is 19.4 Å². The average molecular weight is 262 g/mol. The Balaban J connectivity index is 2.31. The highest BCUT2D eigenvalue weighted by atomic mass is 19.1. The summed E-state index contributed by atoms with van der Waals surface area (Å²) in [6, 6.07) is 8.96. The highest BCUT2D eigenvalue weighted by molar-refractivity contribution is 5.79. The molecule has 0 radical (unpaired) electrons. The van der Waals surface area contributed by atoms with Gasteiger partial charge in [0.1, 0.15) is 11.4 Å². The van der Waals surface area contributed by atoms with Crippen molar-refractivity contribution in [1.82, 2.24) is 0 Å². The second-order valence-electron chi connectivity index (χ2n) is 4.75. The molecule has 0 aromatic heterocycles. The van der Waals surface area contributed by atoms with Gasteiger partial charge in [0.05, 0.1) is 5.92 Å². The van der Waals surface area contributed by atoms with Crippen molar-refractivity contribution in [3.63, 3.8) is 0 Å².